The van der Waals surface area contributed by atoms with Crippen LogP contribution in [0.15, 0.2) is 12.2 Å². The number of hydrogen-bond donors (Lipinski definition) is 1. The minimum absolute atomic E-state index is 0. The zero-order valence-electron chi connectivity index (χ0n) is 14.3. The Hall–Kier alpha value is -0.650. The number of aliphatic hydroxyl groups is 1. The quantitative estimate of drug-likeness (QED) is 0.252. The lowest BCUT2D eigenvalue weighted by molar-refractivity contribution is -0.139. The van der Waals surface area contributed by atoms with Crippen LogP contribution in [-0.4, -0.2) is 69.4 Å². The van der Waals surface area contributed by atoms with Gasteiger partial charge in [-0.1, -0.05) is 6.58 Å². The monoisotopic (exact) mass is 422 g/mol. The molecule has 3 N–H and O–H groups in total. The number of phosphoric ester groups is 2. The lowest BCUT2D eigenvalue weighted by Crippen LogP contribution is -2.10. The van der Waals surface area contributed by atoms with Crippen molar-refractivity contribution in [2.45, 2.75) is 6.92 Å². The molecule has 0 amide bonds. The number of ether oxygens (including phenoxy) is 1. The van der Waals surface area contributed by atoms with E-state index in [1.165, 1.54) is 6.92 Å². The molecular weight excluding hydrogens is 398 g/mol. The Labute approximate surface area is 150 Å². The third-order valence-electron chi connectivity index (χ3n) is 2.42. The van der Waals surface area contributed by atoms with Crippen molar-refractivity contribution in [2.24, 2.45) is 0 Å². The van der Waals surface area contributed by atoms with E-state index in [1.54, 1.807) is 0 Å². The molecule has 26 heavy (non-hydrogen) atoms. The summed E-state index contributed by atoms with van der Waals surface area (Å²) >= 11 is 0. The lowest BCUT2D eigenvalue weighted by Gasteiger charge is -2.09. The molecule has 2 rings (SSSR count). The fourth-order valence-electron chi connectivity index (χ4n) is 1.38. The molecule has 0 aromatic heterocycles. The third-order valence-corrected chi connectivity index (χ3v) is 5.41. The van der Waals surface area contributed by atoms with Gasteiger partial charge in [0.2, 0.25) is 0 Å². The zero-order valence-corrected chi connectivity index (χ0v) is 16.1. The first-order valence-electron chi connectivity index (χ1n) is 7.31. The Morgan fingerprint density at radius 2 is 1.38 bits per heavy atom. The third kappa shape index (κ3) is 9.89. The lowest BCUT2D eigenvalue weighted by atomic mass is 10.4. The molecule has 2 saturated heterocycles. The fraction of sp³-hybridized carbons (Fsp3) is 0.750. The first kappa shape index (κ1) is 25.4. The van der Waals surface area contributed by atoms with Gasteiger partial charge in [-0.15, -0.1) is 0 Å². The molecule has 2 aliphatic rings. The van der Waals surface area contributed by atoms with Crippen LogP contribution in [0, 0.1) is 0 Å². The minimum Gasteiger partial charge on any atom is -0.460 e. The van der Waals surface area contributed by atoms with E-state index in [-0.39, 0.29) is 45.1 Å². The number of esters is 1. The van der Waals surface area contributed by atoms with E-state index < -0.39 is 21.6 Å². The Morgan fingerprint density at radius 1 is 0.962 bits per heavy atom. The van der Waals surface area contributed by atoms with Crippen LogP contribution < -0.4 is 0 Å². The van der Waals surface area contributed by atoms with Crippen LogP contribution >= 0.6 is 15.6 Å². The summed E-state index contributed by atoms with van der Waals surface area (Å²) in [6.07, 6.45) is 0. The molecule has 0 aromatic rings. The Kier molecular flexibility index (Phi) is 12.4. The summed E-state index contributed by atoms with van der Waals surface area (Å²) in [6, 6.07) is 0. The first-order chi connectivity index (χ1) is 11.8. The van der Waals surface area contributed by atoms with E-state index in [0.29, 0.717) is 18.8 Å². The van der Waals surface area contributed by atoms with Crippen molar-refractivity contribution >= 4 is 21.6 Å². The van der Waals surface area contributed by atoms with Crippen molar-refractivity contribution in [3.8, 4) is 0 Å². The number of carbonyl (C=O) groups excluding carboxylic acids is 1. The van der Waals surface area contributed by atoms with Gasteiger partial charge in [0.1, 0.15) is 6.61 Å². The van der Waals surface area contributed by atoms with E-state index in [2.05, 4.69) is 20.2 Å². The highest BCUT2D eigenvalue weighted by Gasteiger charge is 2.32. The number of hydrogen-bond acceptors (Lipinski definition) is 11. The maximum absolute atomic E-state index is 11.4. The summed E-state index contributed by atoms with van der Waals surface area (Å²) < 4.78 is 55.3. The van der Waals surface area contributed by atoms with Gasteiger partial charge >= 0.3 is 21.6 Å². The van der Waals surface area contributed by atoms with E-state index in [4.69, 9.17) is 23.4 Å². The summed E-state index contributed by atoms with van der Waals surface area (Å²) in [5.74, 6) is -0.509. The van der Waals surface area contributed by atoms with Crippen molar-refractivity contribution in [2.75, 3.05) is 52.9 Å². The van der Waals surface area contributed by atoms with Crippen molar-refractivity contribution < 1.29 is 56.4 Å². The molecular formula is C12H24O12P2. The molecule has 0 aliphatic carbocycles. The molecule has 0 aromatic carbocycles. The molecule has 2 fully saturated rings. The Balaban J connectivity index is 0.000000497. The minimum atomic E-state index is -3.37. The first-order valence-corrected chi connectivity index (χ1v) is 10.2. The molecule has 2 heterocycles. The summed E-state index contributed by atoms with van der Waals surface area (Å²) in [7, 11) is -6.61. The number of phosphoric acid groups is 2. The van der Waals surface area contributed by atoms with Gasteiger partial charge in [-0.3, -0.25) is 27.1 Å². The Morgan fingerprint density at radius 3 is 1.77 bits per heavy atom. The van der Waals surface area contributed by atoms with E-state index in [0.717, 1.165) is 0 Å². The van der Waals surface area contributed by atoms with Gasteiger partial charge in [0.15, 0.2) is 0 Å². The van der Waals surface area contributed by atoms with Crippen molar-refractivity contribution in [3.05, 3.63) is 12.2 Å². The van der Waals surface area contributed by atoms with Crippen molar-refractivity contribution in [1.82, 2.24) is 0 Å². The second-order valence-electron chi connectivity index (χ2n) is 4.53. The van der Waals surface area contributed by atoms with Gasteiger partial charge < -0.3 is 15.3 Å². The van der Waals surface area contributed by atoms with Crippen molar-refractivity contribution in [3.63, 3.8) is 0 Å². The molecule has 0 unspecified atom stereocenters. The summed E-state index contributed by atoms with van der Waals surface area (Å²) in [4.78, 5) is 10.9. The number of carbonyl (C=O) groups is 1. The number of rotatable bonds is 8. The maximum atomic E-state index is 11.4. The van der Waals surface area contributed by atoms with Crippen LogP contribution in [-0.2, 0) is 45.8 Å². The predicted octanol–water partition coefficient (Wildman–Crippen LogP) is 0.603. The molecule has 0 bridgehead atoms. The van der Waals surface area contributed by atoms with Crippen LogP contribution in [0.25, 0.3) is 0 Å². The van der Waals surface area contributed by atoms with Gasteiger partial charge in [-0.05, 0) is 6.92 Å². The molecule has 2 aliphatic heterocycles. The second-order valence-corrected chi connectivity index (χ2v) is 7.87. The summed E-state index contributed by atoms with van der Waals surface area (Å²) in [6.45, 7) is 5.79. The van der Waals surface area contributed by atoms with Gasteiger partial charge in [0, 0.05) is 5.57 Å². The average Bonchev–Trinajstić information content (AvgIpc) is 3.20. The van der Waals surface area contributed by atoms with Gasteiger partial charge in [-0.2, -0.15) is 0 Å². The van der Waals surface area contributed by atoms with Gasteiger partial charge in [0.25, 0.3) is 0 Å². The highest BCUT2D eigenvalue weighted by Crippen LogP contribution is 2.53. The average molecular weight is 422 g/mol. The molecule has 154 valence electrons. The summed E-state index contributed by atoms with van der Waals surface area (Å²) in [5, 5.41) is 8.28. The van der Waals surface area contributed by atoms with E-state index in [9.17, 15) is 13.9 Å². The van der Waals surface area contributed by atoms with Crippen LogP contribution in [0.5, 0.6) is 0 Å². The summed E-state index contributed by atoms with van der Waals surface area (Å²) in [5.41, 5.74) is 0.301. The van der Waals surface area contributed by atoms with Crippen LogP contribution in [0.4, 0.5) is 0 Å². The van der Waals surface area contributed by atoms with Crippen LogP contribution in [0.1, 0.15) is 6.92 Å². The van der Waals surface area contributed by atoms with Crippen LogP contribution in [0.2, 0.25) is 0 Å². The molecule has 12 nitrogen and oxygen atoms in total. The van der Waals surface area contributed by atoms with Crippen molar-refractivity contribution in [1.29, 1.82) is 0 Å². The SMILES string of the molecule is C=C(C)C(=O)OCCOP1(=O)OCCO1.O.O=P1(OCCO)OCCO1. The topological polar surface area (TPSA) is 168 Å². The second kappa shape index (κ2) is 12.7. The maximum Gasteiger partial charge on any atom is 0.475 e. The predicted molar refractivity (Wildman–Crippen MR) is 87.4 cm³/mol. The molecule has 14 heteroatoms. The largest absolute Gasteiger partial charge is 0.475 e. The van der Waals surface area contributed by atoms with E-state index >= 15 is 0 Å². The standard InChI is InChI=1S/C8H13O6P.C4H9O5P.H2O/c1-7(2)8(9)11-3-4-12-15(10)13-5-6-14-15;5-1-2-7-10(6)8-3-4-9-10;/h1,3-6H2,2H3;5H,1-4H2;1H2. The molecule has 0 saturated carbocycles. The van der Waals surface area contributed by atoms with Gasteiger partial charge in [0.05, 0.1) is 46.2 Å². The fourth-order valence-corrected chi connectivity index (χ4v) is 3.62. The highest BCUT2D eigenvalue weighted by atomic mass is 31.2. The normalized spacial score (nSPS) is 19.8. The Bertz CT molecular complexity index is 516. The molecule has 0 spiro atoms. The highest BCUT2D eigenvalue weighted by molar-refractivity contribution is 7.49. The number of aliphatic hydroxyl groups excluding tert-OH is 1. The molecule has 0 radical (unpaired) electrons. The van der Waals surface area contributed by atoms with Gasteiger partial charge in [-0.25, -0.2) is 13.9 Å². The van der Waals surface area contributed by atoms with Crippen LogP contribution in [0.3, 0.4) is 0 Å². The smallest absolute Gasteiger partial charge is 0.460 e. The zero-order chi connectivity index (χ0) is 18.8. The molecule has 0 atom stereocenters. The van der Waals surface area contributed by atoms with E-state index in [1.807, 2.05) is 0 Å².